The highest BCUT2D eigenvalue weighted by Gasteiger charge is 2.31. The van der Waals surface area contributed by atoms with E-state index in [1.165, 1.54) is 6.07 Å². The predicted octanol–water partition coefficient (Wildman–Crippen LogP) is 3.27. The van der Waals surface area contributed by atoms with Crippen LogP contribution in [0.25, 0.3) is 0 Å². The number of anilines is 2. The largest absolute Gasteiger partial charge is 0.416 e. The molecule has 1 saturated heterocycles. The Morgan fingerprint density at radius 2 is 2.16 bits per heavy atom. The van der Waals surface area contributed by atoms with Crippen molar-refractivity contribution in [3.8, 4) is 0 Å². The first kappa shape index (κ1) is 14.0. The van der Waals surface area contributed by atoms with Gasteiger partial charge in [-0.05, 0) is 38.0 Å². The molecule has 1 fully saturated rings. The Balaban J connectivity index is 2.08. The molecule has 1 heterocycles. The molecule has 2 atom stereocenters. The average molecular weight is 274 g/mol. The maximum atomic E-state index is 12.5. The lowest BCUT2D eigenvalue weighted by molar-refractivity contribution is -0.137. The van der Waals surface area contributed by atoms with Gasteiger partial charge < -0.3 is 15.8 Å². The fourth-order valence-corrected chi connectivity index (χ4v) is 2.21. The Hall–Kier alpha value is -1.43. The number of rotatable bonds is 3. The van der Waals surface area contributed by atoms with Gasteiger partial charge in [0.2, 0.25) is 0 Å². The van der Waals surface area contributed by atoms with Crippen molar-refractivity contribution in [2.24, 2.45) is 0 Å². The summed E-state index contributed by atoms with van der Waals surface area (Å²) in [7, 11) is 0. The van der Waals surface area contributed by atoms with E-state index in [1.807, 2.05) is 6.92 Å². The minimum atomic E-state index is -4.37. The third kappa shape index (κ3) is 3.32. The van der Waals surface area contributed by atoms with E-state index < -0.39 is 11.7 Å². The zero-order chi connectivity index (χ0) is 14.0. The summed E-state index contributed by atoms with van der Waals surface area (Å²) in [6.07, 6.45) is -2.32. The Morgan fingerprint density at radius 1 is 1.42 bits per heavy atom. The van der Waals surface area contributed by atoms with Crippen molar-refractivity contribution in [2.75, 3.05) is 17.7 Å². The third-order valence-electron chi connectivity index (χ3n) is 3.28. The van der Waals surface area contributed by atoms with Crippen molar-refractivity contribution in [2.45, 2.75) is 38.1 Å². The summed E-state index contributed by atoms with van der Waals surface area (Å²) >= 11 is 0. The topological polar surface area (TPSA) is 47.3 Å². The normalized spacial score (nSPS) is 21.4. The maximum absolute atomic E-state index is 12.5. The van der Waals surface area contributed by atoms with Crippen LogP contribution in [0.15, 0.2) is 18.2 Å². The average Bonchev–Trinajstić information content (AvgIpc) is 2.84. The molecule has 2 rings (SSSR count). The lowest BCUT2D eigenvalue weighted by Gasteiger charge is -2.22. The summed E-state index contributed by atoms with van der Waals surface area (Å²) in [5.41, 5.74) is 5.53. The molecule has 0 spiro atoms. The molecule has 0 bridgehead atoms. The van der Waals surface area contributed by atoms with Gasteiger partial charge in [-0.15, -0.1) is 0 Å². The first-order valence-electron chi connectivity index (χ1n) is 6.23. The second-order valence-electron chi connectivity index (χ2n) is 4.78. The van der Waals surface area contributed by atoms with Crippen LogP contribution in [0.4, 0.5) is 24.5 Å². The van der Waals surface area contributed by atoms with Crippen LogP contribution < -0.4 is 11.1 Å². The Morgan fingerprint density at radius 3 is 2.68 bits per heavy atom. The molecule has 0 aliphatic carbocycles. The number of halogens is 3. The SMILES string of the molecule is CC(Nc1ccc(C(F)(F)F)cc1N)C1CCCO1. The van der Waals surface area contributed by atoms with Gasteiger partial charge in [0.1, 0.15) is 0 Å². The van der Waals surface area contributed by atoms with Crippen molar-refractivity contribution in [3.05, 3.63) is 23.8 Å². The molecule has 106 valence electrons. The van der Waals surface area contributed by atoms with E-state index in [4.69, 9.17) is 10.5 Å². The monoisotopic (exact) mass is 274 g/mol. The van der Waals surface area contributed by atoms with Crippen molar-refractivity contribution in [1.29, 1.82) is 0 Å². The molecule has 0 aromatic heterocycles. The summed E-state index contributed by atoms with van der Waals surface area (Å²) in [5.74, 6) is 0. The number of hydrogen-bond donors (Lipinski definition) is 2. The Bertz CT molecular complexity index is 442. The Kier molecular flexibility index (Phi) is 3.89. The number of ether oxygens (including phenoxy) is 1. The van der Waals surface area contributed by atoms with E-state index in [2.05, 4.69) is 5.32 Å². The van der Waals surface area contributed by atoms with E-state index in [0.29, 0.717) is 5.69 Å². The first-order chi connectivity index (χ1) is 8.88. The molecule has 1 aliphatic rings. The number of alkyl halides is 3. The maximum Gasteiger partial charge on any atom is 0.416 e. The van der Waals surface area contributed by atoms with Crippen molar-refractivity contribution in [3.63, 3.8) is 0 Å². The fraction of sp³-hybridized carbons (Fsp3) is 0.538. The molecule has 1 aromatic rings. The van der Waals surface area contributed by atoms with Crippen molar-refractivity contribution < 1.29 is 17.9 Å². The van der Waals surface area contributed by atoms with Crippen LogP contribution in [-0.2, 0) is 10.9 Å². The fourth-order valence-electron chi connectivity index (χ4n) is 2.21. The van der Waals surface area contributed by atoms with Crippen LogP contribution >= 0.6 is 0 Å². The quantitative estimate of drug-likeness (QED) is 0.832. The molecule has 3 N–H and O–H groups in total. The van der Waals surface area contributed by atoms with Gasteiger partial charge in [0.15, 0.2) is 0 Å². The van der Waals surface area contributed by atoms with E-state index in [9.17, 15) is 13.2 Å². The molecule has 1 aromatic carbocycles. The highest BCUT2D eigenvalue weighted by Crippen LogP contribution is 2.33. The standard InChI is InChI=1S/C13H17F3N2O/c1-8(12-3-2-6-19-12)18-11-5-4-9(7-10(11)17)13(14,15)16/h4-5,7-8,12,18H,2-3,6,17H2,1H3. The van der Waals surface area contributed by atoms with Crippen LogP contribution in [-0.4, -0.2) is 18.8 Å². The highest BCUT2D eigenvalue weighted by atomic mass is 19.4. The van der Waals surface area contributed by atoms with Crippen LogP contribution in [0.2, 0.25) is 0 Å². The minimum Gasteiger partial charge on any atom is -0.397 e. The van der Waals surface area contributed by atoms with Gasteiger partial charge in [-0.3, -0.25) is 0 Å². The zero-order valence-corrected chi connectivity index (χ0v) is 10.6. The zero-order valence-electron chi connectivity index (χ0n) is 10.6. The summed E-state index contributed by atoms with van der Waals surface area (Å²) in [5, 5.41) is 3.11. The molecule has 19 heavy (non-hydrogen) atoms. The molecule has 0 radical (unpaired) electrons. The number of hydrogen-bond acceptors (Lipinski definition) is 3. The van der Waals surface area contributed by atoms with Crippen LogP contribution in [0.1, 0.15) is 25.3 Å². The molecule has 3 nitrogen and oxygen atoms in total. The lowest BCUT2D eigenvalue weighted by Crippen LogP contribution is -2.30. The second-order valence-corrected chi connectivity index (χ2v) is 4.78. The van der Waals surface area contributed by atoms with Crippen molar-refractivity contribution >= 4 is 11.4 Å². The van der Waals surface area contributed by atoms with E-state index in [-0.39, 0.29) is 17.8 Å². The van der Waals surface area contributed by atoms with E-state index in [1.54, 1.807) is 0 Å². The summed E-state index contributed by atoms with van der Waals surface area (Å²) in [6, 6.07) is 3.36. The van der Waals surface area contributed by atoms with Gasteiger partial charge >= 0.3 is 6.18 Å². The van der Waals surface area contributed by atoms with Crippen molar-refractivity contribution in [1.82, 2.24) is 0 Å². The van der Waals surface area contributed by atoms with Gasteiger partial charge in [0.25, 0.3) is 0 Å². The van der Waals surface area contributed by atoms with E-state index in [0.717, 1.165) is 31.6 Å². The van der Waals surface area contributed by atoms with Gasteiger partial charge in [0, 0.05) is 12.6 Å². The first-order valence-corrected chi connectivity index (χ1v) is 6.23. The Labute approximate surface area is 109 Å². The van der Waals surface area contributed by atoms with Gasteiger partial charge in [-0.2, -0.15) is 13.2 Å². The highest BCUT2D eigenvalue weighted by molar-refractivity contribution is 5.67. The molecular formula is C13H17F3N2O. The molecule has 1 aliphatic heterocycles. The van der Waals surface area contributed by atoms with E-state index >= 15 is 0 Å². The molecule has 0 saturated carbocycles. The number of benzene rings is 1. The van der Waals surface area contributed by atoms with Gasteiger partial charge in [0.05, 0.1) is 23.0 Å². The third-order valence-corrected chi connectivity index (χ3v) is 3.28. The second kappa shape index (κ2) is 5.28. The summed E-state index contributed by atoms with van der Waals surface area (Å²) < 4.78 is 43.1. The van der Waals surface area contributed by atoms with Crippen LogP contribution in [0.5, 0.6) is 0 Å². The minimum absolute atomic E-state index is 0.0153. The predicted molar refractivity (Wildman–Crippen MR) is 67.9 cm³/mol. The molecule has 0 amide bonds. The summed E-state index contributed by atoms with van der Waals surface area (Å²) in [6.45, 7) is 2.67. The number of nitrogen functional groups attached to an aromatic ring is 1. The van der Waals surface area contributed by atoms with Crippen LogP contribution in [0.3, 0.4) is 0 Å². The molecule has 2 unspecified atom stereocenters. The van der Waals surface area contributed by atoms with Gasteiger partial charge in [-0.25, -0.2) is 0 Å². The van der Waals surface area contributed by atoms with Crippen LogP contribution in [0, 0.1) is 0 Å². The smallest absolute Gasteiger partial charge is 0.397 e. The van der Waals surface area contributed by atoms with Gasteiger partial charge in [-0.1, -0.05) is 0 Å². The lowest BCUT2D eigenvalue weighted by atomic mass is 10.1. The molecular weight excluding hydrogens is 257 g/mol. The summed E-state index contributed by atoms with van der Waals surface area (Å²) in [4.78, 5) is 0. The number of nitrogens with one attached hydrogen (secondary N) is 1. The number of nitrogens with two attached hydrogens (primary N) is 1. The molecule has 6 heteroatoms.